The molecular formula is C23H34O2. The first kappa shape index (κ1) is 19.8. The minimum atomic E-state index is 0.270. The minimum Gasteiger partial charge on any atom is -0.461 e. The van der Waals surface area contributed by atoms with Crippen LogP contribution in [-0.4, -0.2) is 5.78 Å². The molecule has 1 aliphatic rings. The van der Waals surface area contributed by atoms with Crippen molar-refractivity contribution in [2.24, 2.45) is 0 Å². The predicted molar refractivity (Wildman–Crippen MR) is 105 cm³/mol. The third kappa shape index (κ3) is 5.73. The lowest BCUT2D eigenvalue weighted by molar-refractivity contribution is -0.116. The van der Waals surface area contributed by atoms with E-state index in [0.29, 0.717) is 12.3 Å². The predicted octanol–water partition coefficient (Wildman–Crippen LogP) is 6.73. The van der Waals surface area contributed by atoms with E-state index in [1.54, 1.807) is 0 Å². The van der Waals surface area contributed by atoms with E-state index >= 15 is 0 Å². The first-order chi connectivity index (χ1) is 12.0. The number of rotatable bonds is 10. The number of Topliss-reactive ketones (excluding diaryl/α,β-unsaturated/α-hetero) is 1. The number of hydrogen-bond donors (Lipinski definition) is 0. The Balaban J connectivity index is 1.87. The van der Waals surface area contributed by atoms with Crippen LogP contribution in [0, 0.1) is 0 Å². The van der Waals surface area contributed by atoms with Crippen LogP contribution in [0.3, 0.4) is 0 Å². The summed E-state index contributed by atoms with van der Waals surface area (Å²) in [5.41, 5.74) is 3.33. The van der Waals surface area contributed by atoms with Crippen molar-refractivity contribution in [3.05, 3.63) is 40.7 Å². The number of carbonyl (C=O) groups excluding carboxylic acids is 1. The number of unbranched alkanes of at least 4 members (excludes halogenated alkanes) is 6. The summed E-state index contributed by atoms with van der Waals surface area (Å²) in [6, 6.07) is 6.38. The molecule has 0 unspecified atom stereocenters. The highest BCUT2D eigenvalue weighted by atomic mass is 16.5. The van der Waals surface area contributed by atoms with E-state index in [4.69, 9.17) is 4.74 Å². The summed E-state index contributed by atoms with van der Waals surface area (Å²) in [7, 11) is 0. The molecule has 1 heterocycles. The molecule has 1 aromatic rings. The average molecular weight is 343 g/mol. The molecule has 0 N–H and O–H groups in total. The molecule has 0 fully saturated rings. The number of carbonyl (C=O) groups is 1. The Morgan fingerprint density at radius 3 is 2.44 bits per heavy atom. The lowest BCUT2D eigenvalue weighted by Gasteiger charge is -2.22. The third-order valence-electron chi connectivity index (χ3n) is 5.15. The van der Waals surface area contributed by atoms with Gasteiger partial charge in [-0.25, -0.2) is 0 Å². The minimum absolute atomic E-state index is 0.270. The lowest BCUT2D eigenvalue weighted by Crippen LogP contribution is -2.16. The van der Waals surface area contributed by atoms with Crippen molar-refractivity contribution in [1.29, 1.82) is 0 Å². The fraction of sp³-hybridized carbons (Fsp3) is 0.609. The monoisotopic (exact) mass is 342 g/mol. The highest BCUT2D eigenvalue weighted by molar-refractivity contribution is 5.96. The van der Waals surface area contributed by atoms with E-state index in [9.17, 15) is 4.79 Å². The molecule has 0 aliphatic carbocycles. The zero-order valence-electron chi connectivity index (χ0n) is 16.5. The van der Waals surface area contributed by atoms with Gasteiger partial charge < -0.3 is 4.74 Å². The Labute approximate surface area is 153 Å². The van der Waals surface area contributed by atoms with Crippen LogP contribution in [0.5, 0.6) is 5.75 Å². The molecule has 0 saturated carbocycles. The van der Waals surface area contributed by atoms with Crippen LogP contribution in [0.4, 0.5) is 0 Å². The molecule has 2 nitrogen and oxygen atoms in total. The summed E-state index contributed by atoms with van der Waals surface area (Å²) in [5.74, 6) is 2.46. The normalized spacial score (nSPS) is 13.8. The van der Waals surface area contributed by atoms with E-state index in [-0.39, 0.29) is 5.78 Å². The Hall–Kier alpha value is -1.57. The number of ketones is 1. The van der Waals surface area contributed by atoms with Crippen molar-refractivity contribution in [2.75, 3.05) is 0 Å². The summed E-state index contributed by atoms with van der Waals surface area (Å²) >= 11 is 0. The fourth-order valence-corrected chi connectivity index (χ4v) is 3.43. The smallest absolute Gasteiger partial charge is 0.162 e. The average Bonchev–Trinajstić information content (AvgIpc) is 2.59. The molecule has 138 valence electrons. The van der Waals surface area contributed by atoms with Crippen LogP contribution < -0.4 is 4.74 Å². The van der Waals surface area contributed by atoms with Crippen LogP contribution in [0.15, 0.2) is 29.5 Å². The lowest BCUT2D eigenvalue weighted by atomic mass is 9.92. The summed E-state index contributed by atoms with van der Waals surface area (Å²) < 4.78 is 5.93. The number of fused-ring (bicyclic) bond motifs is 1. The van der Waals surface area contributed by atoms with Crippen LogP contribution in [0.1, 0.15) is 96.1 Å². The molecule has 25 heavy (non-hydrogen) atoms. The van der Waals surface area contributed by atoms with Gasteiger partial charge in [0.05, 0.1) is 0 Å². The van der Waals surface area contributed by atoms with Crippen molar-refractivity contribution >= 4 is 5.78 Å². The van der Waals surface area contributed by atoms with Gasteiger partial charge >= 0.3 is 0 Å². The van der Waals surface area contributed by atoms with Gasteiger partial charge in [0, 0.05) is 18.4 Å². The summed E-state index contributed by atoms with van der Waals surface area (Å²) in [6.45, 7) is 8.55. The molecule has 0 radical (unpaired) electrons. The Morgan fingerprint density at radius 2 is 1.76 bits per heavy atom. The summed E-state index contributed by atoms with van der Waals surface area (Å²) in [5, 5.41) is 0. The molecule has 2 rings (SSSR count). The first-order valence-corrected chi connectivity index (χ1v) is 10.1. The number of ether oxygens (including phenoxy) is 1. The largest absolute Gasteiger partial charge is 0.461 e. The third-order valence-corrected chi connectivity index (χ3v) is 5.15. The summed E-state index contributed by atoms with van der Waals surface area (Å²) in [6.07, 6.45) is 10.0. The van der Waals surface area contributed by atoms with Gasteiger partial charge in [-0.15, -0.1) is 0 Å². The maximum absolute atomic E-state index is 12.6. The van der Waals surface area contributed by atoms with Crippen molar-refractivity contribution in [3.8, 4) is 5.75 Å². The number of benzene rings is 1. The molecular weight excluding hydrogens is 308 g/mol. The molecule has 0 atom stereocenters. The maximum Gasteiger partial charge on any atom is 0.162 e. The van der Waals surface area contributed by atoms with Gasteiger partial charge in [-0.05, 0) is 36.5 Å². The van der Waals surface area contributed by atoms with E-state index in [2.05, 4.69) is 32.9 Å². The Kier molecular flexibility index (Phi) is 7.74. The van der Waals surface area contributed by atoms with Gasteiger partial charge in [-0.2, -0.15) is 0 Å². The van der Waals surface area contributed by atoms with Crippen LogP contribution in [0.25, 0.3) is 0 Å². The van der Waals surface area contributed by atoms with Crippen molar-refractivity contribution in [1.82, 2.24) is 0 Å². The van der Waals surface area contributed by atoms with Crippen LogP contribution in [0.2, 0.25) is 0 Å². The first-order valence-electron chi connectivity index (χ1n) is 10.1. The van der Waals surface area contributed by atoms with Crippen LogP contribution >= 0.6 is 0 Å². The van der Waals surface area contributed by atoms with E-state index < -0.39 is 0 Å². The van der Waals surface area contributed by atoms with E-state index in [0.717, 1.165) is 41.9 Å². The van der Waals surface area contributed by atoms with Gasteiger partial charge in [-0.3, -0.25) is 4.79 Å². The SMILES string of the molecule is CCCCCCCCCC(=O)C1=C(C)Oc2ccc(C(C)C)cc2C1. The van der Waals surface area contributed by atoms with Gasteiger partial charge in [0.1, 0.15) is 11.5 Å². The highest BCUT2D eigenvalue weighted by Gasteiger charge is 2.22. The van der Waals surface area contributed by atoms with Crippen molar-refractivity contribution < 1.29 is 9.53 Å². The van der Waals surface area contributed by atoms with Gasteiger partial charge in [0.15, 0.2) is 5.78 Å². The molecule has 0 bridgehead atoms. The summed E-state index contributed by atoms with van der Waals surface area (Å²) in [4.78, 5) is 12.6. The van der Waals surface area contributed by atoms with Crippen molar-refractivity contribution in [2.45, 2.75) is 91.4 Å². The fourth-order valence-electron chi connectivity index (χ4n) is 3.43. The second kappa shape index (κ2) is 9.79. The molecule has 1 aromatic carbocycles. The quantitative estimate of drug-likeness (QED) is 0.441. The molecule has 0 saturated heterocycles. The second-order valence-corrected chi connectivity index (χ2v) is 7.63. The molecule has 0 spiro atoms. The zero-order valence-corrected chi connectivity index (χ0v) is 16.5. The topological polar surface area (TPSA) is 26.3 Å². The van der Waals surface area contributed by atoms with E-state index in [1.165, 1.54) is 37.7 Å². The van der Waals surface area contributed by atoms with Crippen LogP contribution in [-0.2, 0) is 11.2 Å². The molecule has 1 aliphatic heterocycles. The number of allylic oxidation sites excluding steroid dienone is 2. The molecule has 0 amide bonds. The van der Waals surface area contributed by atoms with Gasteiger partial charge in [-0.1, -0.05) is 71.4 Å². The second-order valence-electron chi connectivity index (χ2n) is 7.63. The van der Waals surface area contributed by atoms with Crippen molar-refractivity contribution in [3.63, 3.8) is 0 Å². The molecule has 0 aromatic heterocycles. The Morgan fingerprint density at radius 1 is 1.08 bits per heavy atom. The van der Waals surface area contributed by atoms with E-state index in [1.807, 2.05) is 13.0 Å². The van der Waals surface area contributed by atoms with Gasteiger partial charge in [0.25, 0.3) is 0 Å². The zero-order chi connectivity index (χ0) is 18.2. The highest BCUT2D eigenvalue weighted by Crippen LogP contribution is 2.33. The molecule has 2 heteroatoms. The Bertz CT molecular complexity index is 611. The maximum atomic E-state index is 12.6. The number of hydrogen-bond acceptors (Lipinski definition) is 2. The van der Waals surface area contributed by atoms with Gasteiger partial charge in [0.2, 0.25) is 0 Å². The standard InChI is InChI=1S/C23H34O2/c1-5-6-7-8-9-10-11-12-22(24)21-16-20-15-19(17(2)3)13-14-23(20)25-18(21)4/h13-15,17H,5-12,16H2,1-4H3.